The highest BCUT2D eigenvalue weighted by atomic mass is 35.5. The number of nitrogens with one attached hydrogen (secondary N) is 1. The minimum absolute atomic E-state index is 0.439. The highest BCUT2D eigenvalue weighted by Gasteiger charge is 2.62. The summed E-state index contributed by atoms with van der Waals surface area (Å²) in [6, 6.07) is -1.04. The minimum atomic E-state index is -4.96. The molecule has 2 rings (SSSR count). The van der Waals surface area contributed by atoms with Gasteiger partial charge in [0, 0.05) is 39.8 Å². The summed E-state index contributed by atoms with van der Waals surface area (Å²) < 4.78 is 54.7. The third-order valence-corrected chi connectivity index (χ3v) is 7.19. The molecule has 5 nitrogen and oxygen atoms in total. The molecule has 0 aromatic heterocycles. The summed E-state index contributed by atoms with van der Waals surface area (Å²) in [5.74, 6) is -6.20. The summed E-state index contributed by atoms with van der Waals surface area (Å²) in [4.78, 5) is 24.9. The van der Waals surface area contributed by atoms with Crippen LogP contribution in [0.2, 0.25) is 10.0 Å². The molecule has 31 heavy (non-hydrogen) atoms. The van der Waals surface area contributed by atoms with Gasteiger partial charge in [0.05, 0.1) is 16.6 Å². The van der Waals surface area contributed by atoms with Crippen molar-refractivity contribution < 1.29 is 37.4 Å². The monoisotopic (exact) mass is 485 g/mol. The summed E-state index contributed by atoms with van der Waals surface area (Å²) in [5.41, 5.74) is -6.25. The van der Waals surface area contributed by atoms with Gasteiger partial charge in [0.1, 0.15) is 6.67 Å². The van der Waals surface area contributed by atoms with E-state index in [9.17, 15) is 37.4 Å². The Labute approximate surface area is 186 Å². The Morgan fingerprint density at radius 1 is 1.19 bits per heavy atom. The summed E-state index contributed by atoms with van der Waals surface area (Å²) in [5, 5.41) is 26.2. The summed E-state index contributed by atoms with van der Waals surface area (Å²) >= 11 is 12.0. The van der Waals surface area contributed by atoms with Crippen molar-refractivity contribution in [2.75, 3.05) is 6.67 Å². The maximum Gasteiger partial charge on any atom is 0.417 e. The maximum atomic E-state index is 13.9. The first-order valence-electron chi connectivity index (χ1n) is 9.38. The van der Waals surface area contributed by atoms with E-state index in [1.54, 1.807) is 0 Å². The molecule has 11 heteroatoms. The fourth-order valence-corrected chi connectivity index (χ4v) is 5.55. The van der Waals surface area contributed by atoms with Gasteiger partial charge in [-0.05, 0) is 30.5 Å². The number of carboxylic acid groups (broad SMARTS) is 2. The number of aliphatic carboxylic acids is 2. The van der Waals surface area contributed by atoms with Gasteiger partial charge in [-0.25, -0.2) is 4.39 Å². The first kappa shape index (κ1) is 25.7. The highest BCUT2D eigenvalue weighted by Crippen LogP contribution is 2.60. The number of hydrogen-bond donors (Lipinski definition) is 1. The van der Waals surface area contributed by atoms with Crippen LogP contribution in [0.15, 0.2) is 12.1 Å². The molecule has 174 valence electrons. The second-order valence-electron chi connectivity index (χ2n) is 8.33. The zero-order valence-electron chi connectivity index (χ0n) is 17.1. The minimum Gasteiger partial charge on any atom is -0.549 e. The Morgan fingerprint density at radius 3 is 2.13 bits per heavy atom. The third-order valence-electron chi connectivity index (χ3n) is 6.55. The third kappa shape index (κ3) is 3.78. The molecule has 1 saturated heterocycles. The number of halogens is 6. The van der Waals surface area contributed by atoms with Crippen molar-refractivity contribution in [3.8, 4) is 0 Å². The molecule has 5 atom stereocenters. The van der Waals surface area contributed by atoms with E-state index >= 15 is 0 Å². The second kappa shape index (κ2) is 8.41. The Balaban J connectivity index is 3.08. The van der Waals surface area contributed by atoms with Crippen molar-refractivity contribution in [1.29, 1.82) is 0 Å². The maximum absolute atomic E-state index is 13.9. The first-order chi connectivity index (χ1) is 14.1. The predicted octanol–water partition coefficient (Wildman–Crippen LogP) is 2.57. The number of carbonyl (C=O) groups excluding carboxylic acids is 2. The lowest BCUT2D eigenvalue weighted by Gasteiger charge is -2.62. The molecule has 0 aliphatic carbocycles. The summed E-state index contributed by atoms with van der Waals surface area (Å²) in [7, 11) is 0. The number of rotatable bonds is 5. The molecule has 1 fully saturated rings. The number of hydrogen-bond acceptors (Lipinski definition) is 5. The lowest BCUT2D eigenvalue weighted by molar-refractivity contribution is -0.338. The van der Waals surface area contributed by atoms with Crippen molar-refractivity contribution >= 4 is 35.1 Å². The molecule has 0 saturated carbocycles. The molecule has 0 bridgehead atoms. The lowest BCUT2D eigenvalue weighted by Crippen LogP contribution is -2.74. The highest BCUT2D eigenvalue weighted by molar-refractivity contribution is 6.34. The van der Waals surface area contributed by atoms with Crippen LogP contribution in [0.3, 0.4) is 0 Å². The van der Waals surface area contributed by atoms with Crippen LogP contribution in [-0.2, 0) is 15.8 Å². The van der Waals surface area contributed by atoms with Crippen molar-refractivity contribution in [3.63, 3.8) is 0 Å². The molecule has 0 amide bonds. The van der Waals surface area contributed by atoms with Gasteiger partial charge >= 0.3 is 6.18 Å². The van der Waals surface area contributed by atoms with Crippen LogP contribution in [0.4, 0.5) is 17.6 Å². The van der Waals surface area contributed by atoms with Crippen LogP contribution < -0.4 is 15.5 Å². The standard InChI is InChI=1S/C20H23Cl2F4NO4/c1-8(2)19(17(30)31)9(3)27-13(7-23)18(4,16(28)29)15(19)11-5-10(21)6-12(14(11)22)20(24,25)26/h5-6,8-9,13,15,27H,7H2,1-4H3,(H,28,29)(H,30,31)/p-2. The topological polar surface area (TPSA) is 92.3 Å². The zero-order valence-corrected chi connectivity index (χ0v) is 18.6. The van der Waals surface area contributed by atoms with E-state index in [0.29, 0.717) is 6.07 Å². The van der Waals surface area contributed by atoms with E-state index in [1.165, 1.54) is 20.8 Å². The smallest absolute Gasteiger partial charge is 0.417 e. The van der Waals surface area contributed by atoms with Gasteiger partial charge in [0.15, 0.2) is 0 Å². The summed E-state index contributed by atoms with van der Waals surface area (Å²) in [6.07, 6.45) is -4.96. The van der Waals surface area contributed by atoms with E-state index < -0.39 is 80.7 Å². The average molecular weight is 486 g/mol. The van der Waals surface area contributed by atoms with Crippen molar-refractivity contribution in [2.45, 2.75) is 51.9 Å². The van der Waals surface area contributed by atoms with Crippen LogP contribution in [0.1, 0.15) is 44.7 Å². The molecular formula is C20H21Cl2F4NO4-2. The van der Waals surface area contributed by atoms with E-state index in [4.69, 9.17) is 23.2 Å². The van der Waals surface area contributed by atoms with Crippen LogP contribution in [0.5, 0.6) is 0 Å². The summed E-state index contributed by atoms with van der Waals surface area (Å²) in [6.45, 7) is 4.06. The molecule has 1 aromatic rings. The van der Waals surface area contributed by atoms with E-state index in [-0.39, 0.29) is 0 Å². The average Bonchev–Trinajstić information content (AvgIpc) is 2.62. The van der Waals surface area contributed by atoms with Gasteiger partial charge in [-0.15, -0.1) is 0 Å². The van der Waals surface area contributed by atoms with Crippen molar-refractivity contribution in [2.24, 2.45) is 16.7 Å². The predicted molar refractivity (Wildman–Crippen MR) is 102 cm³/mol. The van der Waals surface area contributed by atoms with Crippen LogP contribution in [0, 0.1) is 16.7 Å². The van der Waals surface area contributed by atoms with Gasteiger partial charge in [-0.1, -0.05) is 44.0 Å². The van der Waals surface area contributed by atoms with Crippen molar-refractivity contribution in [1.82, 2.24) is 5.32 Å². The van der Waals surface area contributed by atoms with Crippen molar-refractivity contribution in [3.05, 3.63) is 33.3 Å². The molecule has 1 N–H and O–H groups in total. The molecule has 1 aliphatic rings. The van der Waals surface area contributed by atoms with E-state index in [1.807, 2.05) is 0 Å². The van der Waals surface area contributed by atoms with Crippen LogP contribution in [-0.4, -0.2) is 30.7 Å². The van der Waals surface area contributed by atoms with E-state index in [0.717, 1.165) is 13.0 Å². The number of carboxylic acids is 2. The molecule has 1 aliphatic heterocycles. The largest absolute Gasteiger partial charge is 0.549 e. The van der Waals surface area contributed by atoms with Gasteiger partial charge < -0.3 is 25.1 Å². The number of piperidine rings is 1. The molecule has 5 unspecified atom stereocenters. The Hall–Kier alpha value is -1.58. The van der Waals surface area contributed by atoms with E-state index in [2.05, 4.69) is 5.32 Å². The van der Waals surface area contributed by atoms with Gasteiger partial charge in [-0.2, -0.15) is 13.2 Å². The fraction of sp³-hybridized carbons (Fsp3) is 0.600. The number of benzene rings is 1. The molecule has 0 radical (unpaired) electrons. The fourth-order valence-electron chi connectivity index (χ4n) is 5.00. The lowest BCUT2D eigenvalue weighted by atomic mass is 9.49. The first-order valence-corrected chi connectivity index (χ1v) is 10.1. The molecular weight excluding hydrogens is 465 g/mol. The number of alkyl halides is 4. The van der Waals surface area contributed by atoms with Gasteiger partial charge in [0.25, 0.3) is 0 Å². The Bertz CT molecular complexity index is 895. The van der Waals surface area contributed by atoms with Crippen LogP contribution in [0.25, 0.3) is 0 Å². The second-order valence-corrected chi connectivity index (χ2v) is 9.14. The Morgan fingerprint density at radius 2 is 1.74 bits per heavy atom. The zero-order chi connectivity index (χ0) is 24.1. The SMILES string of the molecule is CC(C)C1(C(=O)[O-])C(C)NC(CF)C(C)(C(=O)[O-])C1c1cc(Cl)cc(C(F)(F)F)c1Cl. The van der Waals surface area contributed by atoms with Gasteiger partial charge in [0.2, 0.25) is 0 Å². The molecule has 1 aromatic carbocycles. The van der Waals surface area contributed by atoms with Gasteiger partial charge in [-0.3, -0.25) is 0 Å². The van der Waals surface area contributed by atoms with Crippen LogP contribution >= 0.6 is 23.2 Å². The molecule has 1 heterocycles. The Kier molecular flexibility index (Phi) is 6.96. The quantitative estimate of drug-likeness (QED) is 0.647. The molecule has 0 spiro atoms. The number of carbonyl (C=O) groups is 2. The normalized spacial score (nSPS) is 31.6.